The number of anilines is 2. The molecular weight excluding hydrogens is 424 g/mol. The van der Waals surface area contributed by atoms with Crippen LogP contribution in [0.4, 0.5) is 11.8 Å². The van der Waals surface area contributed by atoms with Crippen molar-refractivity contribution in [2.24, 2.45) is 0 Å². The van der Waals surface area contributed by atoms with Crippen molar-refractivity contribution in [2.75, 3.05) is 63.0 Å². The SMILES string of the molecule is CCN(CC)CCCNc1nc(NCCCN(CC)CC)c2nc(C(C)C)c(C(C)C)nc2n1. The summed E-state index contributed by atoms with van der Waals surface area (Å²) < 4.78 is 0. The minimum absolute atomic E-state index is 0.292. The van der Waals surface area contributed by atoms with E-state index in [1.807, 2.05) is 0 Å². The van der Waals surface area contributed by atoms with E-state index in [0.717, 1.165) is 87.9 Å². The van der Waals surface area contributed by atoms with Gasteiger partial charge in [-0.3, -0.25) is 0 Å². The first kappa shape index (κ1) is 28.2. The van der Waals surface area contributed by atoms with Crippen LogP contribution in [0.1, 0.15) is 91.5 Å². The van der Waals surface area contributed by atoms with Gasteiger partial charge in [0.15, 0.2) is 17.0 Å². The summed E-state index contributed by atoms with van der Waals surface area (Å²) in [5.41, 5.74) is 3.50. The van der Waals surface area contributed by atoms with E-state index in [4.69, 9.17) is 19.9 Å². The second-order valence-electron chi connectivity index (χ2n) is 9.49. The third kappa shape index (κ3) is 8.01. The van der Waals surface area contributed by atoms with Crippen molar-refractivity contribution in [2.45, 2.75) is 80.1 Å². The summed E-state index contributed by atoms with van der Waals surface area (Å²) in [6.45, 7) is 25.6. The van der Waals surface area contributed by atoms with Crippen molar-refractivity contribution in [3.05, 3.63) is 11.4 Å². The third-order valence-corrected chi connectivity index (χ3v) is 6.35. The third-order valence-electron chi connectivity index (χ3n) is 6.35. The zero-order chi connectivity index (χ0) is 25.1. The Hall–Kier alpha value is -2.06. The molecule has 0 spiro atoms. The van der Waals surface area contributed by atoms with Crippen LogP contribution >= 0.6 is 0 Å². The minimum Gasteiger partial charge on any atom is -0.368 e. The Bertz CT molecular complexity index is 859. The van der Waals surface area contributed by atoms with Gasteiger partial charge in [-0.2, -0.15) is 9.97 Å². The van der Waals surface area contributed by atoms with Crippen molar-refractivity contribution < 1.29 is 0 Å². The lowest BCUT2D eigenvalue weighted by atomic mass is 10.0. The number of hydrogen-bond acceptors (Lipinski definition) is 8. The molecule has 0 unspecified atom stereocenters. The van der Waals surface area contributed by atoms with E-state index in [0.29, 0.717) is 23.4 Å². The predicted molar refractivity (Wildman–Crippen MR) is 145 cm³/mol. The monoisotopic (exact) mass is 472 g/mol. The molecule has 2 rings (SSSR count). The average Bonchev–Trinajstić information content (AvgIpc) is 2.83. The van der Waals surface area contributed by atoms with E-state index >= 15 is 0 Å². The molecule has 0 aliphatic heterocycles. The molecule has 0 radical (unpaired) electrons. The van der Waals surface area contributed by atoms with Crippen molar-refractivity contribution in [1.29, 1.82) is 0 Å². The Morgan fingerprint density at radius 3 is 1.65 bits per heavy atom. The van der Waals surface area contributed by atoms with Gasteiger partial charge in [0.25, 0.3) is 0 Å². The molecule has 2 aromatic heterocycles. The highest BCUT2D eigenvalue weighted by Gasteiger charge is 2.19. The maximum Gasteiger partial charge on any atom is 0.226 e. The second kappa shape index (κ2) is 14.4. The molecule has 2 N–H and O–H groups in total. The zero-order valence-electron chi connectivity index (χ0n) is 22.9. The van der Waals surface area contributed by atoms with Crippen molar-refractivity contribution in [3.63, 3.8) is 0 Å². The van der Waals surface area contributed by atoms with Crippen LogP contribution in [0, 0.1) is 0 Å². The predicted octanol–water partition coefficient (Wildman–Crippen LogP) is 4.95. The lowest BCUT2D eigenvalue weighted by Crippen LogP contribution is -2.26. The Labute approximate surface area is 207 Å². The summed E-state index contributed by atoms with van der Waals surface area (Å²) in [6.07, 6.45) is 2.10. The molecule has 2 aromatic rings. The standard InChI is InChI=1S/C26H48N8/c1-9-33(10-2)17-13-15-27-24-23-25(30-22(20(7)8)21(29-23)19(5)6)32-26(31-24)28-16-14-18-34(11-3)12-4/h19-20H,9-18H2,1-8H3,(H2,27,28,30,31,32). The van der Waals surface area contributed by atoms with Gasteiger partial charge in [-0.05, 0) is 63.9 Å². The normalized spacial score (nSPS) is 12.0. The van der Waals surface area contributed by atoms with E-state index < -0.39 is 0 Å². The van der Waals surface area contributed by atoms with Gasteiger partial charge in [-0.25, -0.2) is 9.97 Å². The summed E-state index contributed by atoms with van der Waals surface area (Å²) in [6, 6.07) is 0. The molecular formula is C26H48N8. The molecule has 34 heavy (non-hydrogen) atoms. The number of rotatable bonds is 16. The van der Waals surface area contributed by atoms with E-state index in [1.165, 1.54) is 0 Å². The number of nitrogens with one attached hydrogen (secondary N) is 2. The van der Waals surface area contributed by atoms with Gasteiger partial charge >= 0.3 is 0 Å². The van der Waals surface area contributed by atoms with Crippen LogP contribution in [0.3, 0.4) is 0 Å². The van der Waals surface area contributed by atoms with E-state index in [1.54, 1.807) is 0 Å². The van der Waals surface area contributed by atoms with Gasteiger partial charge in [-0.15, -0.1) is 0 Å². The smallest absolute Gasteiger partial charge is 0.226 e. The Morgan fingerprint density at radius 1 is 0.647 bits per heavy atom. The molecule has 8 nitrogen and oxygen atoms in total. The van der Waals surface area contributed by atoms with Gasteiger partial charge in [0, 0.05) is 13.1 Å². The molecule has 0 atom stereocenters. The van der Waals surface area contributed by atoms with E-state index in [2.05, 4.69) is 75.8 Å². The number of hydrogen-bond donors (Lipinski definition) is 2. The maximum atomic E-state index is 5.03. The van der Waals surface area contributed by atoms with Crippen LogP contribution in [-0.4, -0.2) is 82.1 Å². The highest BCUT2D eigenvalue weighted by Crippen LogP contribution is 2.27. The van der Waals surface area contributed by atoms with Crippen LogP contribution in [0.2, 0.25) is 0 Å². The molecule has 192 valence electrons. The largest absolute Gasteiger partial charge is 0.368 e. The number of aromatic nitrogens is 4. The molecule has 0 amide bonds. The van der Waals surface area contributed by atoms with Crippen LogP contribution in [0.25, 0.3) is 11.2 Å². The summed E-state index contributed by atoms with van der Waals surface area (Å²) in [7, 11) is 0. The molecule has 0 bridgehead atoms. The molecule has 0 aliphatic carbocycles. The van der Waals surface area contributed by atoms with Crippen molar-refractivity contribution in [3.8, 4) is 0 Å². The molecule has 8 heteroatoms. The number of nitrogens with zero attached hydrogens (tertiary/aromatic N) is 6. The molecule has 0 saturated carbocycles. The Morgan fingerprint density at radius 2 is 1.15 bits per heavy atom. The summed E-state index contributed by atoms with van der Waals surface area (Å²) in [4.78, 5) is 24.5. The fourth-order valence-electron chi connectivity index (χ4n) is 4.12. The van der Waals surface area contributed by atoms with Crippen LogP contribution in [0.5, 0.6) is 0 Å². The van der Waals surface area contributed by atoms with Crippen LogP contribution < -0.4 is 10.6 Å². The highest BCUT2D eigenvalue weighted by molar-refractivity contribution is 5.84. The Balaban J connectivity index is 2.28. The quantitative estimate of drug-likeness (QED) is 0.332. The summed E-state index contributed by atoms with van der Waals surface area (Å²) in [5, 5.41) is 6.97. The first-order valence-electron chi connectivity index (χ1n) is 13.4. The molecule has 0 aromatic carbocycles. The van der Waals surface area contributed by atoms with Gasteiger partial charge in [0.2, 0.25) is 5.95 Å². The molecule has 2 heterocycles. The number of fused-ring (bicyclic) bond motifs is 1. The van der Waals surface area contributed by atoms with Gasteiger partial charge in [0.05, 0.1) is 11.4 Å². The van der Waals surface area contributed by atoms with Crippen molar-refractivity contribution >= 4 is 22.9 Å². The fraction of sp³-hybridized carbons (Fsp3) is 0.769. The fourth-order valence-corrected chi connectivity index (χ4v) is 4.12. The zero-order valence-corrected chi connectivity index (χ0v) is 22.9. The minimum atomic E-state index is 0.292. The maximum absolute atomic E-state index is 5.03. The second-order valence-corrected chi connectivity index (χ2v) is 9.49. The van der Waals surface area contributed by atoms with Crippen LogP contribution in [0.15, 0.2) is 0 Å². The van der Waals surface area contributed by atoms with Gasteiger partial charge in [-0.1, -0.05) is 55.4 Å². The van der Waals surface area contributed by atoms with E-state index in [-0.39, 0.29) is 0 Å². The van der Waals surface area contributed by atoms with Crippen molar-refractivity contribution in [1.82, 2.24) is 29.7 Å². The Kier molecular flexibility index (Phi) is 11.9. The van der Waals surface area contributed by atoms with Crippen LogP contribution in [-0.2, 0) is 0 Å². The molecule has 0 saturated heterocycles. The lowest BCUT2D eigenvalue weighted by Gasteiger charge is -2.19. The summed E-state index contributed by atoms with van der Waals surface area (Å²) in [5.74, 6) is 1.99. The van der Waals surface area contributed by atoms with Gasteiger partial charge in [0.1, 0.15) is 0 Å². The topological polar surface area (TPSA) is 82.1 Å². The average molecular weight is 473 g/mol. The highest BCUT2D eigenvalue weighted by atomic mass is 15.2. The van der Waals surface area contributed by atoms with E-state index in [9.17, 15) is 0 Å². The first-order valence-corrected chi connectivity index (χ1v) is 13.4. The first-order chi connectivity index (χ1) is 16.3. The summed E-state index contributed by atoms with van der Waals surface area (Å²) >= 11 is 0. The van der Waals surface area contributed by atoms with Gasteiger partial charge < -0.3 is 20.4 Å². The molecule has 0 fully saturated rings. The lowest BCUT2D eigenvalue weighted by molar-refractivity contribution is 0.303. The molecule has 0 aliphatic rings.